The van der Waals surface area contributed by atoms with Crippen LogP contribution in [0.1, 0.15) is 26.2 Å². The Bertz CT molecular complexity index is 324. The minimum atomic E-state index is 0.688. The molecule has 1 aliphatic carbocycles. The van der Waals surface area contributed by atoms with Gasteiger partial charge in [0.1, 0.15) is 0 Å². The van der Waals surface area contributed by atoms with Gasteiger partial charge in [0, 0.05) is 16.6 Å². The van der Waals surface area contributed by atoms with Crippen molar-refractivity contribution in [3.63, 3.8) is 0 Å². The molecule has 2 atom stereocenters. The predicted octanol–water partition coefficient (Wildman–Crippen LogP) is 4.01. The van der Waals surface area contributed by atoms with Crippen molar-refractivity contribution < 1.29 is 0 Å². The molecule has 0 aliphatic heterocycles. The quantitative estimate of drug-likeness (QED) is 0.774. The highest BCUT2D eigenvalue weighted by Gasteiger charge is 2.21. The second-order valence-electron chi connectivity index (χ2n) is 4.46. The highest BCUT2D eigenvalue weighted by atomic mass is 32.2. The largest absolute Gasteiger partial charge is 0.381 e. The first-order valence-corrected chi connectivity index (χ1v) is 6.91. The molecule has 0 radical (unpaired) electrons. The van der Waals surface area contributed by atoms with Crippen molar-refractivity contribution in [1.82, 2.24) is 0 Å². The van der Waals surface area contributed by atoms with E-state index >= 15 is 0 Å². The number of anilines is 1. The van der Waals surface area contributed by atoms with Gasteiger partial charge in [-0.1, -0.05) is 19.1 Å². The third kappa shape index (κ3) is 2.69. The van der Waals surface area contributed by atoms with E-state index in [0.29, 0.717) is 6.04 Å². The molecule has 0 bridgehead atoms. The summed E-state index contributed by atoms with van der Waals surface area (Å²) in [4.78, 5) is 1.36. The summed E-state index contributed by atoms with van der Waals surface area (Å²) in [5, 5.41) is 3.67. The highest BCUT2D eigenvalue weighted by Crippen LogP contribution is 2.31. The van der Waals surface area contributed by atoms with Gasteiger partial charge in [-0.25, -0.2) is 0 Å². The van der Waals surface area contributed by atoms with E-state index in [4.69, 9.17) is 0 Å². The molecule has 1 N–H and O–H groups in total. The number of rotatable bonds is 3. The summed E-state index contributed by atoms with van der Waals surface area (Å²) in [5.41, 5.74) is 1.31. The Hall–Kier alpha value is -0.630. The lowest BCUT2D eigenvalue weighted by Gasteiger charge is -2.16. The molecule has 1 saturated carbocycles. The number of hydrogen-bond donors (Lipinski definition) is 1. The van der Waals surface area contributed by atoms with E-state index < -0.39 is 0 Å². The Kier molecular flexibility index (Phi) is 3.57. The number of nitrogens with one attached hydrogen (secondary N) is 1. The van der Waals surface area contributed by atoms with Gasteiger partial charge in [0.15, 0.2) is 0 Å². The van der Waals surface area contributed by atoms with Crippen molar-refractivity contribution in [3.05, 3.63) is 24.3 Å². The highest BCUT2D eigenvalue weighted by molar-refractivity contribution is 7.98. The van der Waals surface area contributed by atoms with Crippen molar-refractivity contribution in [1.29, 1.82) is 0 Å². The van der Waals surface area contributed by atoms with Crippen LogP contribution in [0.2, 0.25) is 0 Å². The van der Waals surface area contributed by atoms with Crippen molar-refractivity contribution in [2.45, 2.75) is 37.1 Å². The molecule has 2 rings (SSSR count). The molecule has 15 heavy (non-hydrogen) atoms. The van der Waals surface area contributed by atoms with Gasteiger partial charge < -0.3 is 5.32 Å². The molecule has 1 aliphatic rings. The number of thioether (sulfide) groups is 1. The first-order chi connectivity index (χ1) is 7.29. The van der Waals surface area contributed by atoms with Gasteiger partial charge in [-0.3, -0.25) is 0 Å². The second-order valence-corrected chi connectivity index (χ2v) is 5.31. The Labute approximate surface area is 96.7 Å². The van der Waals surface area contributed by atoms with Crippen LogP contribution in [0.4, 0.5) is 5.69 Å². The van der Waals surface area contributed by atoms with Gasteiger partial charge in [-0.05, 0) is 43.6 Å². The minimum Gasteiger partial charge on any atom is -0.381 e. The van der Waals surface area contributed by atoms with Crippen molar-refractivity contribution in [2.24, 2.45) is 5.92 Å². The van der Waals surface area contributed by atoms with E-state index in [0.717, 1.165) is 5.92 Å². The third-order valence-electron chi connectivity index (χ3n) is 3.16. The standard InChI is InChI=1S/C13H19NS/c1-10-7-8-11(9-10)14-12-5-3-4-6-13(12)15-2/h3-6,10-11,14H,7-9H2,1-2H3. The van der Waals surface area contributed by atoms with Gasteiger partial charge in [-0.15, -0.1) is 11.8 Å². The second kappa shape index (κ2) is 4.93. The first-order valence-electron chi connectivity index (χ1n) is 5.69. The lowest BCUT2D eigenvalue weighted by molar-refractivity contribution is 0.602. The van der Waals surface area contributed by atoms with Gasteiger partial charge >= 0.3 is 0 Å². The van der Waals surface area contributed by atoms with Gasteiger partial charge in [0.25, 0.3) is 0 Å². The monoisotopic (exact) mass is 221 g/mol. The molecule has 0 amide bonds. The minimum absolute atomic E-state index is 0.688. The molecule has 0 aromatic heterocycles. The molecule has 2 heteroatoms. The molecule has 1 nitrogen and oxygen atoms in total. The Morgan fingerprint density at radius 3 is 2.73 bits per heavy atom. The van der Waals surface area contributed by atoms with Crippen LogP contribution in [0.3, 0.4) is 0 Å². The topological polar surface area (TPSA) is 12.0 Å². The number of hydrogen-bond acceptors (Lipinski definition) is 2. The Morgan fingerprint density at radius 2 is 2.07 bits per heavy atom. The number of benzene rings is 1. The summed E-state index contributed by atoms with van der Waals surface area (Å²) < 4.78 is 0. The SMILES string of the molecule is CSc1ccccc1NC1CCC(C)C1. The third-order valence-corrected chi connectivity index (χ3v) is 3.96. The van der Waals surface area contributed by atoms with Crippen LogP contribution in [0.5, 0.6) is 0 Å². The molecule has 1 fully saturated rings. The summed E-state index contributed by atoms with van der Waals surface area (Å²) in [6.07, 6.45) is 6.16. The Balaban J connectivity index is 2.04. The summed E-state index contributed by atoms with van der Waals surface area (Å²) in [5.74, 6) is 0.893. The predicted molar refractivity (Wildman–Crippen MR) is 68.6 cm³/mol. The maximum absolute atomic E-state index is 3.67. The Morgan fingerprint density at radius 1 is 1.27 bits per heavy atom. The zero-order chi connectivity index (χ0) is 10.7. The fourth-order valence-corrected chi connectivity index (χ4v) is 2.88. The maximum atomic E-state index is 3.67. The van der Waals surface area contributed by atoms with Crippen molar-refractivity contribution in [2.75, 3.05) is 11.6 Å². The fraction of sp³-hybridized carbons (Fsp3) is 0.538. The molecule has 1 aromatic rings. The summed E-state index contributed by atoms with van der Waals surface area (Å²) in [6.45, 7) is 2.35. The molecule has 2 unspecified atom stereocenters. The summed E-state index contributed by atoms with van der Waals surface area (Å²) in [7, 11) is 0. The van der Waals surface area contributed by atoms with Gasteiger partial charge in [-0.2, -0.15) is 0 Å². The zero-order valence-corrected chi connectivity index (χ0v) is 10.3. The van der Waals surface area contributed by atoms with Crippen LogP contribution in [-0.4, -0.2) is 12.3 Å². The van der Waals surface area contributed by atoms with E-state index in [-0.39, 0.29) is 0 Å². The van der Waals surface area contributed by atoms with Crippen LogP contribution in [-0.2, 0) is 0 Å². The molecule has 82 valence electrons. The van der Waals surface area contributed by atoms with E-state index in [1.165, 1.54) is 29.8 Å². The molecular formula is C13H19NS. The van der Waals surface area contributed by atoms with Crippen LogP contribution in [0, 0.1) is 5.92 Å². The maximum Gasteiger partial charge on any atom is 0.0480 e. The molecule has 0 spiro atoms. The fourth-order valence-electron chi connectivity index (χ4n) is 2.32. The van der Waals surface area contributed by atoms with Gasteiger partial charge in [0.05, 0.1) is 0 Å². The molecule has 0 heterocycles. The van der Waals surface area contributed by atoms with Crippen molar-refractivity contribution in [3.8, 4) is 0 Å². The summed E-state index contributed by atoms with van der Waals surface area (Å²) in [6, 6.07) is 9.28. The van der Waals surface area contributed by atoms with E-state index in [9.17, 15) is 0 Å². The first kappa shape index (κ1) is 10.9. The van der Waals surface area contributed by atoms with Crippen LogP contribution >= 0.6 is 11.8 Å². The normalized spacial score (nSPS) is 25.5. The van der Waals surface area contributed by atoms with E-state index in [1.54, 1.807) is 0 Å². The lowest BCUT2D eigenvalue weighted by Crippen LogP contribution is -2.15. The molecular weight excluding hydrogens is 202 g/mol. The van der Waals surface area contributed by atoms with E-state index in [2.05, 4.69) is 42.8 Å². The van der Waals surface area contributed by atoms with Crippen LogP contribution in [0.15, 0.2) is 29.2 Å². The average Bonchev–Trinajstić information content (AvgIpc) is 2.65. The number of para-hydroxylation sites is 1. The van der Waals surface area contributed by atoms with Gasteiger partial charge in [0.2, 0.25) is 0 Å². The van der Waals surface area contributed by atoms with Crippen molar-refractivity contribution >= 4 is 17.4 Å². The zero-order valence-electron chi connectivity index (χ0n) is 9.49. The van der Waals surface area contributed by atoms with Crippen LogP contribution < -0.4 is 5.32 Å². The smallest absolute Gasteiger partial charge is 0.0480 e. The lowest BCUT2D eigenvalue weighted by atomic mass is 10.1. The molecule has 0 saturated heterocycles. The summed E-state index contributed by atoms with van der Waals surface area (Å²) >= 11 is 1.82. The molecule has 1 aromatic carbocycles. The van der Waals surface area contributed by atoms with E-state index in [1.807, 2.05) is 11.8 Å². The average molecular weight is 221 g/mol. The van der Waals surface area contributed by atoms with Crippen LogP contribution in [0.25, 0.3) is 0 Å².